The molecule has 0 unspecified atom stereocenters. The van der Waals surface area contributed by atoms with E-state index in [1.54, 1.807) is 6.07 Å². The molecule has 0 aliphatic carbocycles. The van der Waals surface area contributed by atoms with Crippen molar-refractivity contribution in [2.45, 2.75) is 4.90 Å². The fourth-order valence-electron chi connectivity index (χ4n) is 1.11. The highest BCUT2D eigenvalue weighted by Crippen LogP contribution is 2.16. The lowest BCUT2D eigenvalue weighted by Gasteiger charge is -2.07. The molecule has 0 saturated heterocycles. The van der Waals surface area contributed by atoms with Crippen molar-refractivity contribution in [1.29, 1.82) is 0 Å². The van der Waals surface area contributed by atoms with Gasteiger partial charge < -0.3 is 5.73 Å². The third kappa shape index (κ3) is 4.30. The van der Waals surface area contributed by atoms with Crippen molar-refractivity contribution in [3.8, 4) is 0 Å². The number of hydrogen-bond acceptors (Lipinski definition) is 5. The molecule has 0 fully saturated rings. The van der Waals surface area contributed by atoms with Gasteiger partial charge in [-0.15, -0.1) is 0 Å². The van der Waals surface area contributed by atoms with Crippen LogP contribution in [0.4, 0.5) is 5.69 Å². The summed E-state index contributed by atoms with van der Waals surface area (Å²) < 4.78 is 54.7. The van der Waals surface area contributed by atoms with E-state index in [0.29, 0.717) is 0 Å². The topological polar surface area (TPSA) is 127 Å². The van der Waals surface area contributed by atoms with Crippen LogP contribution in [-0.4, -0.2) is 33.7 Å². The predicted molar refractivity (Wildman–Crippen MR) is 62.5 cm³/mol. The Morgan fingerprint density at radius 3 is 2.29 bits per heavy atom. The lowest BCUT2D eigenvalue weighted by Crippen LogP contribution is -2.29. The molecule has 4 N–H and O–H groups in total. The van der Waals surface area contributed by atoms with Gasteiger partial charge in [0, 0.05) is 6.54 Å². The van der Waals surface area contributed by atoms with Gasteiger partial charge in [-0.3, -0.25) is 4.55 Å². The number of sulfonamides is 1. The number of benzene rings is 1. The Balaban J connectivity index is 2.81. The largest absolute Gasteiger partial charge is 0.398 e. The van der Waals surface area contributed by atoms with E-state index in [1.165, 1.54) is 18.2 Å². The molecule has 0 radical (unpaired) electrons. The van der Waals surface area contributed by atoms with E-state index in [-0.39, 0.29) is 10.6 Å². The van der Waals surface area contributed by atoms with Gasteiger partial charge >= 0.3 is 0 Å². The molecular formula is C8H12N2O5S2. The van der Waals surface area contributed by atoms with Crippen LogP contribution in [0, 0.1) is 0 Å². The van der Waals surface area contributed by atoms with Gasteiger partial charge in [-0.05, 0) is 12.1 Å². The second-order valence-corrected chi connectivity index (χ2v) is 6.53. The van der Waals surface area contributed by atoms with Crippen molar-refractivity contribution in [3.05, 3.63) is 24.3 Å². The molecule has 1 aromatic rings. The molecule has 17 heavy (non-hydrogen) atoms. The predicted octanol–water partition coefficient (Wildman–Crippen LogP) is -0.565. The molecular weight excluding hydrogens is 268 g/mol. The summed E-state index contributed by atoms with van der Waals surface area (Å²) in [6.45, 7) is -0.421. The lowest BCUT2D eigenvalue weighted by atomic mass is 10.3. The van der Waals surface area contributed by atoms with E-state index < -0.39 is 32.4 Å². The molecule has 0 heterocycles. The summed E-state index contributed by atoms with van der Waals surface area (Å²) in [4.78, 5) is -0.129. The summed E-state index contributed by atoms with van der Waals surface area (Å²) in [5, 5.41) is 0. The summed E-state index contributed by atoms with van der Waals surface area (Å²) >= 11 is 0. The lowest BCUT2D eigenvalue weighted by molar-refractivity contribution is 0.482. The smallest absolute Gasteiger partial charge is 0.266 e. The average molecular weight is 280 g/mol. The first-order valence-electron chi connectivity index (χ1n) is 4.52. The Morgan fingerprint density at radius 1 is 1.18 bits per heavy atom. The van der Waals surface area contributed by atoms with Crippen LogP contribution in [0.5, 0.6) is 0 Å². The van der Waals surface area contributed by atoms with Gasteiger partial charge in [0.2, 0.25) is 10.0 Å². The van der Waals surface area contributed by atoms with Crippen molar-refractivity contribution in [2.75, 3.05) is 18.0 Å². The number of hydrogen-bond donors (Lipinski definition) is 3. The maximum atomic E-state index is 11.7. The minimum atomic E-state index is -4.20. The zero-order chi connectivity index (χ0) is 13.1. The van der Waals surface area contributed by atoms with Gasteiger partial charge in [-0.25, -0.2) is 13.1 Å². The van der Waals surface area contributed by atoms with E-state index in [1.807, 2.05) is 4.72 Å². The van der Waals surface area contributed by atoms with Crippen molar-refractivity contribution in [1.82, 2.24) is 4.72 Å². The monoisotopic (exact) mass is 280 g/mol. The molecule has 0 aliphatic rings. The molecule has 1 aromatic carbocycles. The van der Waals surface area contributed by atoms with Gasteiger partial charge in [0.1, 0.15) is 4.90 Å². The standard InChI is InChI=1S/C8H12N2O5S2/c9-7-3-1-2-4-8(7)17(14,15)10-5-6-16(11,12)13/h1-4,10H,5-6,9H2,(H,11,12,13). The maximum Gasteiger partial charge on any atom is 0.266 e. The van der Waals surface area contributed by atoms with E-state index >= 15 is 0 Å². The minimum absolute atomic E-state index is 0.0619. The second-order valence-electron chi connectivity index (χ2n) is 3.22. The van der Waals surface area contributed by atoms with Crippen molar-refractivity contribution < 1.29 is 21.4 Å². The molecule has 1 rings (SSSR count). The molecule has 0 spiro atoms. The van der Waals surface area contributed by atoms with Crippen LogP contribution in [-0.2, 0) is 20.1 Å². The van der Waals surface area contributed by atoms with Crippen molar-refractivity contribution in [3.63, 3.8) is 0 Å². The molecule has 9 heteroatoms. The molecule has 0 amide bonds. The summed E-state index contributed by atoms with van der Waals surface area (Å²) in [7, 11) is -8.06. The highest BCUT2D eigenvalue weighted by Gasteiger charge is 2.17. The quantitative estimate of drug-likeness (QED) is 0.490. The first kappa shape index (κ1) is 13.9. The van der Waals surface area contributed by atoms with E-state index in [2.05, 4.69) is 0 Å². The Labute approximate surface area is 99.4 Å². The van der Waals surface area contributed by atoms with Crippen molar-refractivity contribution in [2.24, 2.45) is 0 Å². The van der Waals surface area contributed by atoms with Crippen LogP contribution in [0.25, 0.3) is 0 Å². The molecule has 0 atom stereocenters. The molecule has 96 valence electrons. The summed E-state index contributed by atoms with van der Waals surface area (Å²) in [5.41, 5.74) is 5.54. The summed E-state index contributed by atoms with van der Waals surface area (Å²) in [5.74, 6) is -0.695. The highest BCUT2D eigenvalue weighted by atomic mass is 32.2. The third-order valence-electron chi connectivity index (χ3n) is 1.86. The number of para-hydroxylation sites is 1. The summed E-state index contributed by atoms with van der Waals surface area (Å²) in [6.07, 6.45) is 0. The Morgan fingerprint density at radius 2 is 1.76 bits per heavy atom. The number of nitrogens with one attached hydrogen (secondary N) is 1. The number of anilines is 1. The van der Waals surface area contributed by atoms with E-state index in [0.717, 1.165) is 0 Å². The van der Waals surface area contributed by atoms with Gasteiger partial charge in [-0.2, -0.15) is 8.42 Å². The maximum absolute atomic E-state index is 11.7. The van der Waals surface area contributed by atoms with Crippen LogP contribution in [0.1, 0.15) is 0 Å². The van der Waals surface area contributed by atoms with Gasteiger partial charge in [0.25, 0.3) is 10.1 Å². The van der Waals surface area contributed by atoms with Gasteiger partial charge in [0.05, 0.1) is 11.4 Å². The number of nitrogens with two attached hydrogens (primary N) is 1. The normalized spacial score (nSPS) is 12.5. The Bertz CT molecular complexity index is 594. The van der Waals surface area contributed by atoms with Gasteiger partial charge in [-0.1, -0.05) is 12.1 Å². The SMILES string of the molecule is Nc1ccccc1S(=O)(=O)NCCS(=O)(=O)O. The number of rotatable bonds is 5. The van der Waals surface area contributed by atoms with Crippen LogP contribution < -0.4 is 10.5 Å². The Kier molecular flexibility index (Phi) is 4.09. The van der Waals surface area contributed by atoms with Crippen molar-refractivity contribution >= 4 is 25.8 Å². The first-order chi connectivity index (χ1) is 7.72. The van der Waals surface area contributed by atoms with E-state index in [9.17, 15) is 16.8 Å². The molecule has 0 saturated carbocycles. The molecule has 0 bridgehead atoms. The average Bonchev–Trinajstić information content (AvgIpc) is 2.15. The Hall–Kier alpha value is -1.16. The minimum Gasteiger partial charge on any atom is -0.398 e. The zero-order valence-electron chi connectivity index (χ0n) is 8.70. The molecule has 7 nitrogen and oxygen atoms in total. The summed E-state index contributed by atoms with van der Waals surface area (Å²) in [6, 6.07) is 5.78. The molecule has 0 aliphatic heterocycles. The van der Waals surface area contributed by atoms with Gasteiger partial charge in [0.15, 0.2) is 0 Å². The third-order valence-corrected chi connectivity index (χ3v) is 4.12. The van der Waals surface area contributed by atoms with Crippen LogP contribution >= 0.6 is 0 Å². The second kappa shape index (κ2) is 5.00. The van der Waals surface area contributed by atoms with Crippen LogP contribution in [0.15, 0.2) is 29.2 Å². The number of nitrogen functional groups attached to an aromatic ring is 1. The first-order valence-corrected chi connectivity index (χ1v) is 7.61. The molecule has 0 aromatic heterocycles. The van der Waals surface area contributed by atoms with Crippen LogP contribution in [0.3, 0.4) is 0 Å². The fourth-order valence-corrected chi connectivity index (χ4v) is 2.76. The fraction of sp³-hybridized carbons (Fsp3) is 0.250. The highest BCUT2D eigenvalue weighted by molar-refractivity contribution is 7.89. The zero-order valence-corrected chi connectivity index (χ0v) is 10.3. The van der Waals surface area contributed by atoms with Crippen LogP contribution in [0.2, 0.25) is 0 Å². The van der Waals surface area contributed by atoms with E-state index in [4.69, 9.17) is 10.3 Å².